The first-order valence-corrected chi connectivity index (χ1v) is 3.39. The third kappa shape index (κ3) is 3.95. The van der Waals surface area contributed by atoms with Crippen LogP contribution in [0.5, 0.6) is 0 Å². The molecule has 11 heavy (non-hydrogen) atoms. The summed E-state index contributed by atoms with van der Waals surface area (Å²) in [6, 6.07) is 0. The Morgan fingerprint density at radius 2 is 1.91 bits per heavy atom. The van der Waals surface area contributed by atoms with Crippen molar-refractivity contribution in [1.29, 1.82) is 0 Å². The van der Waals surface area contributed by atoms with Gasteiger partial charge in [0.15, 0.2) is 5.79 Å². The van der Waals surface area contributed by atoms with Crippen LogP contribution in [0.25, 0.3) is 0 Å². The molecule has 0 saturated heterocycles. The Kier molecular flexibility index (Phi) is 4.07. The van der Waals surface area contributed by atoms with E-state index < -0.39 is 5.79 Å². The van der Waals surface area contributed by atoms with Crippen LogP contribution in [0.2, 0.25) is 0 Å². The van der Waals surface area contributed by atoms with Gasteiger partial charge in [0.1, 0.15) is 0 Å². The Morgan fingerprint density at radius 3 is 2.18 bits per heavy atom. The fourth-order valence-corrected chi connectivity index (χ4v) is 0.513. The Bertz CT molecular complexity index is 132. The molecule has 0 aromatic rings. The lowest BCUT2D eigenvalue weighted by molar-refractivity contribution is -0.190. The largest absolute Gasteiger partial charge is 0.352 e. The van der Waals surface area contributed by atoms with Crippen molar-refractivity contribution in [3.63, 3.8) is 0 Å². The van der Waals surface area contributed by atoms with Gasteiger partial charge in [-0.05, 0) is 6.92 Å². The first-order chi connectivity index (χ1) is 5.04. The summed E-state index contributed by atoms with van der Waals surface area (Å²) < 4.78 is 10.0. The van der Waals surface area contributed by atoms with Crippen LogP contribution in [0.3, 0.4) is 0 Å². The molecule has 0 radical (unpaired) electrons. The lowest BCUT2D eigenvalue weighted by Crippen LogP contribution is -2.42. The molecule has 0 bridgehead atoms. The molecule has 0 aliphatic heterocycles. The standard InChI is InChI=1S/C7H15NO3/c1-6(9)8-5-7(2,10-3)11-4/h5H2,1-4H3,(H,8,9). The second-order valence-corrected chi connectivity index (χ2v) is 2.45. The van der Waals surface area contributed by atoms with Gasteiger partial charge in [-0.25, -0.2) is 0 Å². The highest BCUT2D eigenvalue weighted by atomic mass is 16.7. The zero-order chi connectivity index (χ0) is 8.91. The van der Waals surface area contributed by atoms with Crippen molar-refractivity contribution < 1.29 is 14.3 Å². The van der Waals surface area contributed by atoms with Crippen molar-refractivity contribution in [1.82, 2.24) is 5.32 Å². The van der Waals surface area contributed by atoms with E-state index in [1.165, 1.54) is 21.1 Å². The Hall–Kier alpha value is -0.610. The summed E-state index contributed by atoms with van der Waals surface area (Å²) in [4.78, 5) is 10.5. The molecule has 0 rings (SSSR count). The number of hydrogen-bond acceptors (Lipinski definition) is 3. The van der Waals surface area contributed by atoms with E-state index in [1.54, 1.807) is 6.92 Å². The van der Waals surface area contributed by atoms with E-state index in [9.17, 15) is 4.79 Å². The fraction of sp³-hybridized carbons (Fsp3) is 0.857. The summed E-state index contributed by atoms with van der Waals surface area (Å²) in [5, 5.41) is 2.60. The fourth-order valence-electron chi connectivity index (χ4n) is 0.513. The highest BCUT2D eigenvalue weighted by Crippen LogP contribution is 2.06. The Balaban J connectivity index is 3.78. The van der Waals surface area contributed by atoms with Crippen LogP contribution in [0, 0.1) is 0 Å². The van der Waals surface area contributed by atoms with Gasteiger partial charge in [-0.3, -0.25) is 4.79 Å². The van der Waals surface area contributed by atoms with Gasteiger partial charge in [-0.2, -0.15) is 0 Å². The molecule has 1 amide bonds. The van der Waals surface area contributed by atoms with Gasteiger partial charge in [0.2, 0.25) is 5.91 Å². The first-order valence-electron chi connectivity index (χ1n) is 3.39. The van der Waals surface area contributed by atoms with Crippen LogP contribution in [0.15, 0.2) is 0 Å². The first kappa shape index (κ1) is 10.4. The molecule has 0 unspecified atom stereocenters. The van der Waals surface area contributed by atoms with Gasteiger partial charge < -0.3 is 14.8 Å². The number of carbonyl (C=O) groups excluding carboxylic acids is 1. The molecule has 0 saturated carbocycles. The number of methoxy groups -OCH3 is 2. The highest BCUT2D eigenvalue weighted by Gasteiger charge is 2.22. The van der Waals surface area contributed by atoms with Gasteiger partial charge in [0.25, 0.3) is 0 Å². The molecule has 1 N–H and O–H groups in total. The van der Waals surface area contributed by atoms with E-state index in [0.717, 1.165) is 0 Å². The molecular weight excluding hydrogens is 146 g/mol. The maximum absolute atomic E-state index is 10.5. The summed E-state index contributed by atoms with van der Waals surface area (Å²) in [7, 11) is 3.07. The molecule has 0 aliphatic rings. The molecular formula is C7H15NO3. The van der Waals surface area contributed by atoms with Crippen LogP contribution in [-0.4, -0.2) is 32.5 Å². The van der Waals surface area contributed by atoms with Crippen molar-refractivity contribution in [3.05, 3.63) is 0 Å². The maximum atomic E-state index is 10.5. The van der Waals surface area contributed by atoms with Gasteiger partial charge in [-0.15, -0.1) is 0 Å². The number of carbonyl (C=O) groups is 1. The van der Waals surface area contributed by atoms with Gasteiger partial charge in [0.05, 0.1) is 6.54 Å². The molecule has 0 spiro atoms. The minimum Gasteiger partial charge on any atom is -0.352 e. The predicted molar refractivity (Wildman–Crippen MR) is 41.1 cm³/mol. The van der Waals surface area contributed by atoms with Crippen molar-refractivity contribution in [3.8, 4) is 0 Å². The second-order valence-electron chi connectivity index (χ2n) is 2.45. The summed E-state index contributed by atoms with van der Waals surface area (Å²) in [5.41, 5.74) is 0. The van der Waals surface area contributed by atoms with Crippen LogP contribution in [0.1, 0.15) is 13.8 Å². The molecule has 0 atom stereocenters. The summed E-state index contributed by atoms with van der Waals surface area (Å²) >= 11 is 0. The van der Waals surface area contributed by atoms with Gasteiger partial charge in [-0.1, -0.05) is 0 Å². The minimum atomic E-state index is -0.717. The number of ether oxygens (including phenoxy) is 2. The topological polar surface area (TPSA) is 47.6 Å². The molecule has 0 fully saturated rings. The smallest absolute Gasteiger partial charge is 0.217 e. The average molecular weight is 161 g/mol. The third-order valence-corrected chi connectivity index (χ3v) is 1.52. The lowest BCUT2D eigenvalue weighted by atomic mass is 10.3. The molecule has 4 heteroatoms. The molecule has 4 nitrogen and oxygen atoms in total. The summed E-state index contributed by atoms with van der Waals surface area (Å²) in [5.74, 6) is -0.809. The van der Waals surface area contributed by atoms with Gasteiger partial charge in [0, 0.05) is 21.1 Å². The van der Waals surface area contributed by atoms with E-state index in [0.29, 0.717) is 6.54 Å². The number of nitrogens with one attached hydrogen (secondary N) is 1. The average Bonchev–Trinajstić information content (AvgIpc) is 2.00. The zero-order valence-electron chi connectivity index (χ0n) is 7.43. The lowest BCUT2D eigenvalue weighted by Gasteiger charge is -2.26. The van der Waals surface area contributed by atoms with E-state index in [2.05, 4.69) is 5.32 Å². The second kappa shape index (κ2) is 4.31. The number of amides is 1. The van der Waals surface area contributed by atoms with Crippen molar-refractivity contribution in [2.45, 2.75) is 19.6 Å². The van der Waals surface area contributed by atoms with E-state index >= 15 is 0 Å². The number of hydrogen-bond donors (Lipinski definition) is 1. The van der Waals surface area contributed by atoms with Crippen molar-refractivity contribution in [2.24, 2.45) is 0 Å². The van der Waals surface area contributed by atoms with Crippen molar-refractivity contribution >= 4 is 5.91 Å². The van der Waals surface area contributed by atoms with Crippen LogP contribution in [0.4, 0.5) is 0 Å². The summed E-state index contributed by atoms with van der Waals surface area (Å²) in [6.07, 6.45) is 0. The molecule has 0 aromatic carbocycles. The quantitative estimate of drug-likeness (QED) is 0.596. The van der Waals surface area contributed by atoms with Crippen LogP contribution in [-0.2, 0) is 14.3 Å². The third-order valence-electron chi connectivity index (χ3n) is 1.52. The molecule has 0 heterocycles. The normalized spacial score (nSPS) is 11.3. The number of rotatable bonds is 4. The van der Waals surface area contributed by atoms with Crippen LogP contribution >= 0.6 is 0 Å². The monoisotopic (exact) mass is 161 g/mol. The molecule has 0 aliphatic carbocycles. The highest BCUT2D eigenvalue weighted by molar-refractivity contribution is 5.72. The summed E-state index contributed by atoms with van der Waals surface area (Å²) in [6.45, 7) is 3.56. The van der Waals surface area contributed by atoms with Crippen molar-refractivity contribution in [2.75, 3.05) is 20.8 Å². The molecule has 0 aromatic heterocycles. The van der Waals surface area contributed by atoms with Gasteiger partial charge >= 0.3 is 0 Å². The SMILES string of the molecule is COC(C)(CNC(C)=O)OC. The Morgan fingerprint density at radius 1 is 1.45 bits per heavy atom. The maximum Gasteiger partial charge on any atom is 0.217 e. The molecule has 66 valence electrons. The van der Waals surface area contributed by atoms with Crippen LogP contribution < -0.4 is 5.32 Å². The van der Waals surface area contributed by atoms with E-state index in [4.69, 9.17) is 9.47 Å². The van der Waals surface area contributed by atoms with E-state index in [1.807, 2.05) is 0 Å². The van der Waals surface area contributed by atoms with E-state index in [-0.39, 0.29) is 5.91 Å². The Labute approximate surface area is 66.9 Å². The zero-order valence-corrected chi connectivity index (χ0v) is 7.43. The predicted octanol–water partition coefficient (Wildman–Crippen LogP) is 0.131. The minimum absolute atomic E-state index is 0.0923.